The van der Waals surface area contributed by atoms with Crippen molar-refractivity contribution in [1.29, 1.82) is 0 Å². The van der Waals surface area contributed by atoms with Crippen LogP contribution in [0.25, 0.3) is 0 Å². The normalized spacial score (nSPS) is 45.2. The Labute approximate surface area is 192 Å². The Morgan fingerprint density at radius 1 is 1.32 bits per heavy atom. The van der Waals surface area contributed by atoms with Crippen molar-refractivity contribution < 1.29 is 28.6 Å². The fourth-order valence-corrected chi connectivity index (χ4v) is 6.84. The van der Waals surface area contributed by atoms with Crippen LogP contribution in [0.2, 0.25) is 5.02 Å². The first-order valence-corrected chi connectivity index (χ1v) is 13.3. The number of hydrogen-bond donors (Lipinski definition) is 6. The summed E-state index contributed by atoms with van der Waals surface area (Å²) in [5.41, 5.74) is 5.47. The summed E-state index contributed by atoms with van der Waals surface area (Å²) in [6.45, 7) is -3.43. The molecule has 0 saturated carbocycles. The lowest BCUT2D eigenvalue weighted by Gasteiger charge is -2.39. The van der Waals surface area contributed by atoms with Gasteiger partial charge < -0.3 is 24.6 Å². The Morgan fingerprint density at radius 2 is 2.06 bits per heavy atom. The molecule has 170 valence electrons. The lowest BCUT2D eigenvalue weighted by Crippen LogP contribution is -2.71. The average Bonchev–Trinajstić information content (AvgIpc) is 3.20. The van der Waals surface area contributed by atoms with E-state index in [4.69, 9.17) is 42.9 Å². The smallest absolute Gasteiger partial charge is 0.325 e. The number of aliphatic hydroxyl groups excluding tert-OH is 1. The third-order valence-electron chi connectivity index (χ3n) is 5.48. The number of nitrogens with one attached hydrogen (secondary N) is 3. The van der Waals surface area contributed by atoms with Crippen LogP contribution in [0, 0.1) is 0 Å². The third kappa shape index (κ3) is 4.28. The van der Waals surface area contributed by atoms with E-state index in [1.165, 1.54) is 11.8 Å². The van der Waals surface area contributed by atoms with E-state index >= 15 is 0 Å². The number of hydrogen-bond acceptors (Lipinski definition) is 11. The van der Waals surface area contributed by atoms with Crippen LogP contribution >= 0.6 is 30.1 Å². The first kappa shape index (κ1) is 22.4. The highest BCUT2D eigenvalue weighted by atomic mass is 35.5. The maximum absolute atomic E-state index is 12.6. The van der Waals surface area contributed by atoms with Gasteiger partial charge in [0.25, 0.3) is 0 Å². The van der Waals surface area contributed by atoms with E-state index in [-0.39, 0.29) is 12.5 Å². The zero-order valence-corrected chi connectivity index (χ0v) is 19.1. The molecule has 1 amide bonds. The third-order valence-corrected chi connectivity index (χ3v) is 8.44. The predicted molar refractivity (Wildman–Crippen MR) is 115 cm³/mol. The number of fused-ring (bicyclic) bond motifs is 2. The Morgan fingerprint density at radius 3 is 2.81 bits per heavy atom. The Kier molecular flexibility index (Phi) is 6.10. The molecule has 5 rings (SSSR count). The maximum Gasteiger partial charge on any atom is 0.325 e. The number of carbonyl (C=O) groups is 1. The number of benzene rings is 1. The van der Waals surface area contributed by atoms with Gasteiger partial charge in [0, 0.05) is 9.92 Å². The largest absolute Gasteiger partial charge is 0.386 e. The second-order valence-electron chi connectivity index (χ2n) is 7.50. The van der Waals surface area contributed by atoms with Crippen LogP contribution in [0.5, 0.6) is 0 Å². The highest BCUT2D eigenvalue weighted by Gasteiger charge is 2.58. The van der Waals surface area contributed by atoms with Crippen molar-refractivity contribution in [2.75, 3.05) is 6.61 Å². The molecule has 1 aromatic rings. The molecule has 11 nitrogen and oxygen atoms in total. The summed E-state index contributed by atoms with van der Waals surface area (Å²) in [4.78, 5) is 25.3. The number of aliphatic hydroxyl groups is 1. The van der Waals surface area contributed by atoms with Crippen LogP contribution in [0.3, 0.4) is 0 Å². The summed E-state index contributed by atoms with van der Waals surface area (Å²) in [7, 11) is 0. The molecule has 9 atom stereocenters. The fourth-order valence-electron chi connectivity index (χ4n) is 4.13. The Bertz CT molecular complexity index is 917. The highest BCUT2D eigenvalue weighted by molar-refractivity contribution is 8.07. The molecule has 0 spiro atoms. The van der Waals surface area contributed by atoms with Gasteiger partial charge in [-0.3, -0.25) is 25.7 Å². The summed E-state index contributed by atoms with van der Waals surface area (Å²) in [5.74, 6) is -0.268. The second-order valence-corrected chi connectivity index (χ2v) is 11.9. The molecule has 4 aliphatic rings. The van der Waals surface area contributed by atoms with E-state index in [1.807, 2.05) is 17.0 Å². The van der Waals surface area contributed by atoms with Crippen LogP contribution in [0.1, 0.15) is 0 Å². The molecule has 0 radical (unpaired) electrons. The quantitative estimate of drug-likeness (QED) is 0.277. The minimum atomic E-state index is -3.43. The highest BCUT2D eigenvalue weighted by Crippen LogP contribution is 2.52. The molecule has 0 aromatic heterocycles. The summed E-state index contributed by atoms with van der Waals surface area (Å²) in [6.07, 6.45) is -4.80. The number of amides is 1. The molecular weight excluding hydrogens is 489 g/mol. The molecule has 1 aromatic carbocycles. The number of nitrogens with zero attached hydrogens (tertiary/aromatic N) is 1. The second kappa shape index (κ2) is 8.44. The van der Waals surface area contributed by atoms with Gasteiger partial charge in [0.2, 0.25) is 5.91 Å². The van der Waals surface area contributed by atoms with E-state index in [0.29, 0.717) is 5.02 Å². The molecule has 4 fully saturated rings. The zero-order valence-electron chi connectivity index (χ0n) is 15.8. The van der Waals surface area contributed by atoms with Gasteiger partial charge in [-0.2, -0.15) is 0 Å². The minimum Gasteiger partial charge on any atom is -0.386 e. The van der Waals surface area contributed by atoms with Crippen LogP contribution < -0.4 is 21.7 Å². The minimum absolute atomic E-state index is 0.00376. The summed E-state index contributed by atoms with van der Waals surface area (Å²) < 4.78 is 16.7. The first-order valence-electron chi connectivity index (χ1n) is 9.49. The number of ether oxygens (including phenoxy) is 1. The summed E-state index contributed by atoms with van der Waals surface area (Å²) in [6, 6.07) is 6.62. The van der Waals surface area contributed by atoms with Gasteiger partial charge in [0.1, 0.15) is 42.4 Å². The fraction of sp³-hybridized carbons (Fsp3) is 0.562. The van der Waals surface area contributed by atoms with Gasteiger partial charge >= 0.3 is 6.72 Å². The molecule has 5 unspecified atom stereocenters. The summed E-state index contributed by atoms with van der Waals surface area (Å²) >= 11 is 12.3. The lowest BCUT2D eigenvalue weighted by molar-refractivity contribution is -0.133. The number of nitrogens with two attached hydrogens (primary N) is 1. The van der Waals surface area contributed by atoms with E-state index < -0.39 is 55.3 Å². The van der Waals surface area contributed by atoms with E-state index in [2.05, 4.69) is 16.0 Å². The molecule has 15 heteroatoms. The molecule has 31 heavy (non-hydrogen) atoms. The van der Waals surface area contributed by atoms with Crippen molar-refractivity contribution in [2.24, 2.45) is 5.73 Å². The molecular formula is C16H21ClN5O6PS2. The number of carbonyl (C=O) groups excluding carboxylic acids is 1. The van der Waals surface area contributed by atoms with Crippen molar-refractivity contribution in [3.63, 3.8) is 0 Å². The van der Waals surface area contributed by atoms with Gasteiger partial charge in [-0.15, -0.1) is 0 Å². The monoisotopic (exact) mass is 509 g/mol. The van der Waals surface area contributed by atoms with Crippen LogP contribution in [-0.4, -0.2) is 75.9 Å². The topological polar surface area (TPSA) is 151 Å². The Balaban J connectivity index is 1.44. The number of rotatable bonds is 3. The van der Waals surface area contributed by atoms with Gasteiger partial charge in [-0.25, -0.2) is 4.90 Å². The predicted octanol–water partition coefficient (Wildman–Crippen LogP) is -1.00. The van der Waals surface area contributed by atoms with Gasteiger partial charge in [-0.1, -0.05) is 23.4 Å². The van der Waals surface area contributed by atoms with E-state index in [9.17, 15) is 14.8 Å². The van der Waals surface area contributed by atoms with Crippen molar-refractivity contribution in [1.82, 2.24) is 20.9 Å². The first-order chi connectivity index (χ1) is 14.7. The van der Waals surface area contributed by atoms with Gasteiger partial charge in [0.05, 0.1) is 12.8 Å². The number of thioether (sulfide) groups is 1. The maximum atomic E-state index is 12.6. The standard InChI is InChI=1S/C16H21ClN5O6PS2/c17-6-1-3-7(4-2-6)31-16-19-9-12(20-15(18)21-13(9)24)22(16)14-10(23)11-8(27-14)5-26-29(25,30)28-11/h1-4,8-12,14-16,19-20,23H,5,18H2,(H,21,24)(H,25,30)/t8-,9?,10-,11-,12?,14-,15?,16?,29?/m1/s1. The molecule has 0 bridgehead atoms. The van der Waals surface area contributed by atoms with Gasteiger partial charge in [0.15, 0.2) is 0 Å². The average molecular weight is 510 g/mol. The SMILES string of the molecule is NC1NC(=O)C2NC(Sc3ccc(Cl)cc3)N([C@@H]3O[C@@H]4COP(O)(=S)O[C@H]4[C@H]3O)C2N1. The summed E-state index contributed by atoms with van der Waals surface area (Å²) in [5, 5.41) is 20.7. The van der Waals surface area contributed by atoms with Crippen molar-refractivity contribution in [2.45, 2.75) is 53.4 Å². The Hall–Kier alpha value is -0.380. The zero-order chi connectivity index (χ0) is 21.9. The molecule has 4 aliphatic heterocycles. The van der Waals surface area contributed by atoms with E-state index in [0.717, 1.165) is 4.90 Å². The molecule has 7 N–H and O–H groups in total. The van der Waals surface area contributed by atoms with Crippen LogP contribution in [0.15, 0.2) is 29.2 Å². The van der Waals surface area contributed by atoms with Crippen LogP contribution in [0.4, 0.5) is 0 Å². The van der Waals surface area contributed by atoms with Crippen molar-refractivity contribution in [3.8, 4) is 0 Å². The molecule has 4 saturated heterocycles. The van der Waals surface area contributed by atoms with E-state index in [1.54, 1.807) is 12.1 Å². The lowest BCUT2D eigenvalue weighted by atomic mass is 10.1. The molecule has 4 heterocycles. The van der Waals surface area contributed by atoms with Crippen molar-refractivity contribution >= 4 is 47.8 Å². The number of halogens is 1. The van der Waals surface area contributed by atoms with Gasteiger partial charge in [-0.05, 0) is 36.1 Å². The van der Waals surface area contributed by atoms with Crippen LogP contribution in [-0.2, 0) is 30.4 Å². The van der Waals surface area contributed by atoms with Crippen molar-refractivity contribution in [3.05, 3.63) is 29.3 Å². The molecule has 0 aliphatic carbocycles.